The van der Waals surface area contributed by atoms with Gasteiger partial charge >= 0.3 is 0 Å². The van der Waals surface area contributed by atoms with Gasteiger partial charge in [-0.1, -0.05) is 36.5 Å². The first kappa shape index (κ1) is 13.5. The molecule has 0 unspecified atom stereocenters. The number of anilines is 1. The van der Waals surface area contributed by atoms with Gasteiger partial charge in [0, 0.05) is 24.8 Å². The van der Waals surface area contributed by atoms with E-state index in [1.54, 1.807) is 6.07 Å². The molecule has 0 amide bonds. The van der Waals surface area contributed by atoms with Crippen molar-refractivity contribution in [1.82, 2.24) is 0 Å². The summed E-state index contributed by atoms with van der Waals surface area (Å²) in [6, 6.07) is 14.5. The summed E-state index contributed by atoms with van der Waals surface area (Å²) >= 11 is 4.97. The van der Waals surface area contributed by atoms with E-state index in [0.717, 1.165) is 11.3 Å². The summed E-state index contributed by atoms with van der Waals surface area (Å²) in [5.74, 6) is -0.325. The maximum absolute atomic E-state index is 13.2. The number of nitrogens with zero attached hydrogens (tertiary/aromatic N) is 1. The molecule has 0 bridgehead atoms. The van der Waals surface area contributed by atoms with Crippen LogP contribution in [0.25, 0.3) is 0 Å². The Labute approximate surface area is 117 Å². The molecule has 2 nitrogen and oxygen atoms in total. The fraction of sp³-hybridized carbons (Fsp3) is 0.133. The Morgan fingerprint density at radius 3 is 2.53 bits per heavy atom. The summed E-state index contributed by atoms with van der Waals surface area (Å²) < 4.78 is 13.2. The molecule has 2 aromatic rings. The van der Waals surface area contributed by atoms with Crippen molar-refractivity contribution in [3.63, 3.8) is 0 Å². The number of benzene rings is 2. The summed E-state index contributed by atoms with van der Waals surface area (Å²) in [6.07, 6.45) is 0. The van der Waals surface area contributed by atoms with E-state index in [-0.39, 0.29) is 10.8 Å². The van der Waals surface area contributed by atoms with Crippen LogP contribution in [-0.2, 0) is 6.54 Å². The third kappa shape index (κ3) is 3.29. The highest BCUT2D eigenvalue weighted by molar-refractivity contribution is 7.80. The molecule has 0 aliphatic carbocycles. The minimum atomic E-state index is -0.325. The highest BCUT2D eigenvalue weighted by atomic mass is 32.1. The molecular formula is C15H15FN2S. The molecule has 0 aliphatic heterocycles. The van der Waals surface area contributed by atoms with Gasteiger partial charge in [-0.05, 0) is 29.8 Å². The van der Waals surface area contributed by atoms with Gasteiger partial charge in [0.2, 0.25) is 0 Å². The molecule has 0 heterocycles. The zero-order valence-electron chi connectivity index (χ0n) is 10.6. The van der Waals surface area contributed by atoms with Crippen LogP contribution in [0, 0.1) is 5.82 Å². The van der Waals surface area contributed by atoms with Crippen LogP contribution in [0.2, 0.25) is 0 Å². The van der Waals surface area contributed by atoms with E-state index in [4.69, 9.17) is 18.0 Å². The fourth-order valence-corrected chi connectivity index (χ4v) is 2.14. The van der Waals surface area contributed by atoms with Crippen LogP contribution in [0.1, 0.15) is 11.1 Å². The Morgan fingerprint density at radius 2 is 1.89 bits per heavy atom. The first-order valence-corrected chi connectivity index (χ1v) is 6.33. The average molecular weight is 274 g/mol. The standard InChI is InChI=1S/C15H15FN2S/c1-18(13-5-3-2-4-6-13)10-11-7-8-12(16)9-14(11)15(17)19/h2-9H,10H2,1H3,(H2,17,19). The van der Waals surface area contributed by atoms with Crippen molar-refractivity contribution in [2.45, 2.75) is 6.54 Å². The van der Waals surface area contributed by atoms with Crippen molar-refractivity contribution in [3.8, 4) is 0 Å². The minimum Gasteiger partial charge on any atom is -0.389 e. The number of hydrogen-bond donors (Lipinski definition) is 1. The van der Waals surface area contributed by atoms with Gasteiger partial charge in [0.25, 0.3) is 0 Å². The van der Waals surface area contributed by atoms with Gasteiger partial charge in [-0.3, -0.25) is 0 Å². The molecule has 0 saturated carbocycles. The third-order valence-electron chi connectivity index (χ3n) is 2.94. The molecule has 2 rings (SSSR count). The molecule has 0 saturated heterocycles. The molecular weight excluding hydrogens is 259 g/mol. The molecule has 0 aromatic heterocycles. The first-order chi connectivity index (χ1) is 9.08. The van der Waals surface area contributed by atoms with Gasteiger partial charge in [-0.2, -0.15) is 0 Å². The van der Waals surface area contributed by atoms with Gasteiger partial charge in [0.1, 0.15) is 10.8 Å². The van der Waals surface area contributed by atoms with Crippen LogP contribution < -0.4 is 10.6 Å². The fourth-order valence-electron chi connectivity index (χ4n) is 1.95. The predicted octanol–water partition coefficient (Wildman–Crippen LogP) is 3.10. The summed E-state index contributed by atoms with van der Waals surface area (Å²) in [5.41, 5.74) is 8.24. The number of nitrogens with two attached hydrogens (primary N) is 1. The van der Waals surface area contributed by atoms with E-state index in [2.05, 4.69) is 4.90 Å². The number of halogens is 1. The Hall–Kier alpha value is -1.94. The largest absolute Gasteiger partial charge is 0.389 e. The molecule has 0 fully saturated rings. The molecule has 0 aliphatic rings. The van der Waals surface area contributed by atoms with E-state index in [1.807, 2.05) is 37.4 Å². The molecule has 2 aromatic carbocycles. The monoisotopic (exact) mass is 274 g/mol. The van der Waals surface area contributed by atoms with Gasteiger partial charge in [0.15, 0.2) is 0 Å². The molecule has 0 spiro atoms. The van der Waals surface area contributed by atoms with Crippen molar-refractivity contribution in [2.24, 2.45) is 5.73 Å². The van der Waals surface area contributed by atoms with Crippen LogP contribution in [0.15, 0.2) is 48.5 Å². The normalized spacial score (nSPS) is 10.2. The van der Waals surface area contributed by atoms with Gasteiger partial charge in [-0.25, -0.2) is 4.39 Å². The minimum absolute atomic E-state index is 0.218. The zero-order chi connectivity index (χ0) is 13.8. The topological polar surface area (TPSA) is 29.3 Å². The Kier molecular flexibility index (Phi) is 4.12. The number of thiocarbonyl (C=S) groups is 1. The van der Waals surface area contributed by atoms with E-state index >= 15 is 0 Å². The Morgan fingerprint density at radius 1 is 1.21 bits per heavy atom. The van der Waals surface area contributed by atoms with Crippen molar-refractivity contribution < 1.29 is 4.39 Å². The van der Waals surface area contributed by atoms with E-state index < -0.39 is 0 Å². The molecule has 0 radical (unpaired) electrons. The molecule has 19 heavy (non-hydrogen) atoms. The highest BCUT2D eigenvalue weighted by Gasteiger charge is 2.09. The molecule has 98 valence electrons. The van der Waals surface area contributed by atoms with Gasteiger partial charge in [-0.15, -0.1) is 0 Å². The number of para-hydroxylation sites is 1. The van der Waals surface area contributed by atoms with Crippen molar-refractivity contribution in [1.29, 1.82) is 0 Å². The second-order valence-corrected chi connectivity index (χ2v) is 4.80. The maximum atomic E-state index is 13.2. The zero-order valence-corrected chi connectivity index (χ0v) is 11.5. The molecule has 0 atom stereocenters. The summed E-state index contributed by atoms with van der Waals surface area (Å²) in [5, 5.41) is 0. The van der Waals surface area contributed by atoms with Crippen LogP contribution >= 0.6 is 12.2 Å². The lowest BCUT2D eigenvalue weighted by molar-refractivity contribution is 0.626. The summed E-state index contributed by atoms with van der Waals surface area (Å²) in [4.78, 5) is 2.28. The quantitative estimate of drug-likeness (QED) is 0.869. The Bertz CT molecular complexity index is 584. The van der Waals surface area contributed by atoms with Crippen LogP contribution in [0.4, 0.5) is 10.1 Å². The lowest BCUT2D eigenvalue weighted by Crippen LogP contribution is -2.20. The summed E-state index contributed by atoms with van der Waals surface area (Å²) in [6.45, 7) is 0.622. The van der Waals surface area contributed by atoms with Gasteiger partial charge < -0.3 is 10.6 Å². The van der Waals surface area contributed by atoms with Gasteiger partial charge in [0.05, 0.1) is 0 Å². The SMILES string of the molecule is CN(Cc1ccc(F)cc1C(N)=S)c1ccccc1. The van der Waals surface area contributed by atoms with Crippen LogP contribution in [0.3, 0.4) is 0 Å². The lowest BCUT2D eigenvalue weighted by atomic mass is 10.1. The second-order valence-electron chi connectivity index (χ2n) is 4.36. The highest BCUT2D eigenvalue weighted by Crippen LogP contribution is 2.18. The number of rotatable bonds is 4. The second kappa shape index (κ2) is 5.80. The number of hydrogen-bond acceptors (Lipinski definition) is 2. The van der Waals surface area contributed by atoms with Crippen LogP contribution in [0.5, 0.6) is 0 Å². The van der Waals surface area contributed by atoms with Crippen LogP contribution in [-0.4, -0.2) is 12.0 Å². The third-order valence-corrected chi connectivity index (χ3v) is 3.16. The van der Waals surface area contributed by atoms with Crippen molar-refractivity contribution >= 4 is 22.9 Å². The smallest absolute Gasteiger partial charge is 0.123 e. The summed E-state index contributed by atoms with van der Waals surface area (Å²) in [7, 11) is 1.97. The van der Waals surface area contributed by atoms with E-state index in [9.17, 15) is 4.39 Å². The van der Waals surface area contributed by atoms with E-state index in [1.165, 1.54) is 12.1 Å². The Balaban J connectivity index is 2.26. The average Bonchev–Trinajstić information content (AvgIpc) is 2.41. The maximum Gasteiger partial charge on any atom is 0.123 e. The van der Waals surface area contributed by atoms with E-state index in [0.29, 0.717) is 12.1 Å². The lowest BCUT2D eigenvalue weighted by Gasteiger charge is -2.21. The van der Waals surface area contributed by atoms with Crippen molar-refractivity contribution in [3.05, 3.63) is 65.5 Å². The predicted molar refractivity (Wildman–Crippen MR) is 80.8 cm³/mol. The van der Waals surface area contributed by atoms with Crippen molar-refractivity contribution in [2.75, 3.05) is 11.9 Å². The molecule has 4 heteroatoms. The first-order valence-electron chi connectivity index (χ1n) is 5.92. The molecule has 2 N–H and O–H groups in total.